The number of aromatic nitrogens is 3. The molecular weight excluding hydrogens is 292 g/mol. The van der Waals surface area contributed by atoms with Gasteiger partial charge in [-0.2, -0.15) is 5.10 Å². The fourth-order valence-corrected chi connectivity index (χ4v) is 2.70. The molecule has 0 radical (unpaired) electrons. The first-order chi connectivity index (χ1) is 10.1. The molecule has 0 fully saturated rings. The number of sulfonamides is 1. The zero-order valence-electron chi connectivity index (χ0n) is 11.1. The van der Waals surface area contributed by atoms with Crippen LogP contribution in [0.25, 0.3) is 0 Å². The molecule has 0 atom stereocenters. The summed E-state index contributed by atoms with van der Waals surface area (Å²) in [6.07, 6.45) is 1.79. The van der Waals surface area contributed by atoms with Crippen LogP contribution in [0.3, 0.4) is 0 Å². The largest absolute Gasteiger partial charge is 0.384 e. The van der Waals surface area contributed by atoms with E-state index in [1.807, 2.05) is 0 Å². The zero-order chi connectivity index (χ0) is 15.1. The molecule has 1 aromatic carbocycles. The topological polar surface area (TPSA) is 108 Å². The summed E-state index contributed by atoms with van der Waals surface area (Å²) >= 11 is 0. The number of nitrogens with one attached hydrogen (secondary N) is 2. The lowest BCUT2D eigenvalue weighted by Crippen LogP contribution is -2.26. The van der Waals surface area contributed by atoms with Gasteiger partial charge in [0.1, 0.15) is 18.8 Å². The van der Waals surface area contributed by atoms with Crippen LogP contribution in [0.1, 0.15) is 11.4 Å². The summed E-state index contributed by atoms with van der Waals surface area (Å²) in [6.45, 7) is -0.0590. The molecule has 110 valence electrons. The van der Waals surface area contributed by atoms with E-state index in [1.165, 1.54) is 18.5 Å². The number of benzene rings is 1. The zero-order valence-corrected chi connectivity index (χ0v) is 11.9. The van der Waals surface area contributed by atoms with Gasteiger partial charge in [0.25, 0.3) is 0 Å². The van der Waals surface area contributed by atoms with Crippen LogP contribution < -0.4 is 4.72 Å². The number of H-pyrrole nitrogens is 1. The van der Waals surface area contributed by atoms with Crippen LogP contribution >= 0.6 is 0 Å². The third-order valence-electron chi connectivity index (χ3n) is 2.57. The quantitative estimate of drug-likeness (QED) is 0.656. The maximum absolute atomic E-state index is 12.1. The molecule has 0 aliphatic carbocycles. The Morgan fingerprint density at radius 1 is 1.38 bits per heavy atom. The van der Waals surface area contributed by atoms with E-state index in [4.69, 9.17) is 5.11 Å². The summed E-state index contributed by atoms with van der Waals surface area (Å²) in [6, 6.07) is 6.23. The standard InChI is InChI=1S/C13H14N4O3S/c18-8-2-4-11-3-1-5-12(9-11)21(19,20)16-7-6-13-14-10-15-17-13/h1,3,5,9-10,16,18H,6-8H2,(H,14,15,17). The van der Waals surface area contributed by atoms with Crippen LogP contribution in [-0.2, 0) is 16.4 Å². The molecule has 21 heavy (non-hydrogen) atoms. The van der Waals surface area contributed by atoms with E-state index in [2.05, 4.69) is 31.7 Å². The predicted octanol–water partition coefficient (Wildman–Crippen LogP) is -0.331. The van der Waals surface area contributed by atoms with E-state index >= 15 is 0 Å². The first kappa shape index (κ1) is 15.2. The van der Waals surface area contributed by atoms with Gasteiger partial charge in [-0.25, -0.2) is 18.1 Å². The van der Waals surface area contributed by atoms with Crippen molar-refractivity contribution in [3.63, 3.8) is 0 Å². The Bertz CT molecular complexity index is 745. The van der Waals surface area contributed by atoms with Crippen LogP contribution in [-0.4, -0.2) is 41.9 Å². The van der Waals surface area contributed by atoms with Crippen molar-refractivity contribution in [3.05, 3.63) is 42.0 Å². The number of aromatic amines is 1. The third kappa shape index (κ3) is 4.39. The van der Waals surface area contributed by atoms with Crippen molar-refractivity contribution in [3.8, 4) is 11.8 Å². The number of aliphatic hydroxyl groups excluding tert-OH is 1. The Kier molecular flexibility index (Phi) is 5.05. The second-order valence-electron chi connectivity index (χ2n) is 4.07. The molecule has 2 aromatic rings. The summed E-state index contributed by atoms with van der Waals surface area (Å²) in [7, 11) is -3.60. The van der Waals surface area contributed by atoms with Gasteiger partial charge in [-0.1, -0.05) is 17.9 Å². The van der Waals surface area contributed by atoms with Gasteiger partial charge < -0.3 is 5.11 Å². The van der Waals surface area contributed by atoms with Gasteiger partial charge in [0.2, 0.25) is 10.0 Å². The van der Waals surface area contributed by atoms with Crippen molar-refractivity contribution in [2.45, 2.75) is 11.3 Å². The van der Waals surface area contributed by atoms with Crippen molar-refractivity contribution in [1.82, 2.24) is 19.9 Å². The van der Waals surface area contributed by atoms with Gasteiger partial charge in [0, 0.05) is 18.5 Å². The minimum Gasteiger partial charge on any atom is -0.384 e. The molecule has 0 saturated carbocycles. The van der Waals surface area contributed by atoms with Gasteiger partial charge in [-0.05, 0) is 18.2 Å². The van der Waals surface area contributed by atoms with E-state index in [9.17, 15) is 8.42 Å². The number of rotatable bonds is 5. The summed E-state index contributed by atoms with van der Waals surface area (Å²) in [4.78, 5) is 4.04. The first-order valence-electron chi connectivity index (χ1n) is 6.15. The average molecular weight is 306 g/mol. The van der Waals surface area contributed by atoms with Crippen molar-refractivity contribution < 1.29 is 13.5 Å². The summed E-state index contributed by atoms with van der Waals surface area (Å²) in [5.41, 5.74) is 0.530. The molecule has 0 spiro atoms. The van der Waals surface area contributed by atoms with Crippen molar-refractivity contribution in [1.29, 1.82) is 0 Å². The van der Waals surface area contributed by atoms with Crippen LogP contribution in [0.2, 0.25) is 0 Å². The minimum atomic E-state index is -3.60. The lowest BCUT2D eigenvalue weighted by molar-refractivity contribution is 0.350. The van der Waals surface area contributed by atoms with Crippen LogP contribution in [0, 0.1) is 11.8 Å². The average Bonchev–Trinajstić information content (AvgIpc) is 2.98. The molecule has 1 heterocycles. The lowest BCUT2D eigenvalue weighted by atomic mass is 10.2. The highest BCUT2D eigenvalue weighted by atomic mass is 32.2. The van der Waals surface area contributed by atoms with Gasteiger partial charge in [0.05, 0.1) is 4.90 Å². The molecule has 2 rings (SSSR count). The van der Waals surface area contributed by atoms with E-state index in [0.717, 1.165) is 0 Å². The predicted molar refractivity (Wildman–Crippen MR) is 75.7 cm³/mol. The Morgan fingerprint density at radius 3 is 2.95 bits per heavy atom. The molecule has 1 aromatic heterocycles. The molecule has 8 heteroatoms. The smallest absolute Gasteiger partial charge is 0.240 e. The molecule has 0 aliphatic rings. The van der Waals surface area contributed by atoms with Crippen molar-refractivity contribution in [2.75, 3.05) is 13.2 Å². The highest BCUT2D eigenvalue weighted by Gasteiger charge is 2.13. The summed E-state index contributed by atoms with van der Waals surface area (Å²) < 4.78 is 26.7. The van der Waals surface area contributed by atoms with Gasteiger partial charge in [-0.15, -0.1) is 0 Å². The van der Waals surface area contributed by atoms with Crippen molar-refractivity contribution in [2.24, 2.45) is 0 Å². The number of hydrogen-bond acceptors (Lipinski definition) is 5. The van der Waals surface area contributed by atoms with Crippen LogP contribution in [0.4, 0.5) is 0 Å². The lowest BCUT2D eigenvalue weighted by Gasteiger charge is -2.06. The molecular formula is C13H14N4O3S. The summed E-state index contributed by atoms with van der Waals surface area (Å²) in [5.74, 6) is 5.76. The maximum Gasteiger partial charge on any atom is 0.240 e. The van der Waals surface area contributed by atoms with Gasteiger partial charge in [0.15, 0.2) is 0 Å². The van der Waals surface area contributed by atoms with E-state index in [-0.39, 0.29) is 18.0 Å². The second kappa shape index (κ2) is 6.99. The Morgan fingerprint density at radius 2 is 2.24 bits per heavy atom. The molecule has 7 nitrogen and oxygen atoms in total. The molecule has 0 amide bonds. The third-order valence-corrected chi connectivity index (χ3v) is 4.03. The van der Waals surface area contributed by atoms with E-state index in [1.54, 1.807) is 12.1 Å². The highest BCUT2D eigenvalue weighted by molar-refractivity contribution is 7.89. The van der Waals surface area contributed by atoms with Gasteiger partial charge in [-0.3, -0.25) is 5.10 Å². The highest BCUT2D eigenvalue weighted by Crippen LogP contribution is 2.10. The van der Waals surface area contributed by atoms with Crippen LogP contribution in [0.5, 0.6) is 0 Å². The fourth-order valence-electron chi connectivity index (χ4n) is 1.62. The fraction of sp³-hybridized carbons (Fsp3) is 0.231. The van der Waals surface area contributed by atoms with Gasteiger partial charge >= 0.3 is 0 Å². The molecule has 0 aliphatic heterocycles. The molecule has 0 bridgehead atoms. The van der Waals surface area contributed by atoms with Crippen molar-refractivity contribution >= 4 is 10.0 Å². The second-order valence-corrected chi connectivity index (χ2v) is 5.83. The minimum absolute atomic E-state index is 0.129. The molecule has 3 N–H and O–H groups in total. The van der Waals surface area contributed by atoms with E-state index < -0.39 is 10.0 Å². The number of aliphatic hydroxyl groups is 1. The monoisotopic (exact) mass is 306 g/mol. The van der Waals surface area contributed by atoms with E-state index in [0.29, 0.717) is 17.8 Å². The number of hydrogen-bond donors (Lipinski definition) is 3. The molecule has 0 saturated heterocycles. The Labute approximate surface area is 122 Å². The first-order valence-corrected chi connectivity index (χ1v) is 7.64. The molecule has 0 unspecified atom stereocenters. The number of nitrogens with zero attached hydrogens (tertiary/aromatic N) is 2. The Hall–Kier alpha value is -2.21. The summed E-state index contributed by atoms with van der Waals surface area (Å²) in [5, 5.41) is 15.0. The van der Waals surface area contributed by atoms with Crippen LogP contribution in [0.15, 0.2) is 35.5 Å². The Balaban J connectivity index is 2.04. The normalized spacial score (nSPS) is 10.9. The SMILES string of the molecule is O=S(=O)(NCCc1ncn[nH]1)c1cccc(C#CCO)c1. The maximum atomic E-state index is 12.1.